The van der Waals surface area contributed by atoms with Crippen LogP contribution in [-0.4, -0.2) is 20.1 Å². The summed E-state index contributed by atoms with van der Waals surface area (Å²) in [6, 6.07) is 21.1. The molecule has 1 atom stereocenters. The summed E-state index contributed by atoms with van der Waals surface area (Å²) < 4.78 is 27.1. The van der Waals surface area contributed by atoms with E-state index in [0.29, 0.717) is 6.42 Å². The van der Waals surface area contributed by atoms with Crippen LogP contribution in [-0.2, 0) is 15.8 Å². The summed E-state index contributed by atoms with van der Waals surface area (Å²) in [5.41, 5.74) is 2.61. The van der Waals surface area contributed by atoms with Crippen molar-refractivity contribution >= 4 is 20.8 Å². The quantitative estimate of drug-likeness (QED) is 0.667. The summed E-state index contributed by atoms with van der Waals surface area (Å²) in [6.45, 7) is 2.13. The average Bonchev–Trinajstić information content (AvgIpc) is 2.60. The number of fused-ring (bicyclic) bond motifs is 1. The highest BCUT2D eigenvalue weighted by atomic mass is 32.2. The first-order valence-electron chi connectivity index (χ1n) is 8.63. The van der Waals surface area contributed by atoms with Crippen molar-refractivity contribution in [3.05, 3.63) is 83.4 Å². The molecule has 0 bridgehead atoms. The predicted octanol–water partition coefficient (Wildman–Crippen LogP) is 3.69. The van der Waals surface area contributed by atoms with Crippen LogP contribution in [0.25, 0.3) is 10.8 Å². The molecular weight excluding hydrogens is 346 g/mol. The number of sulfonamides is 1. The Labute approximate surface area is 154 Å². The second-order valence-electron chi connectivity index (χ2n) is 6.52. The molecule has 2 N–H and O–H groups in total. The van der Waals surface area contributed by atoms with Gasteiger partial charge in [0.15, 0.2) is 0 Å². The molecule has 0 radical (unpaired) electrons. The van der Waals surface area contributed by atoms with Crippen LogP contribution < -0.4 is 4.72 Å². The molecule has 3 aromatic rings. The third-order valence-electron chi connectivity index (χ3n) is 4.36. The summed E-state index contributed by atoms with van der Waals surface area (Å²) in [5, 5.41) is 12.6. The molecule has 0 aliphatic heterocycles. The molecule has 26 heavy (non-hydrogen) atoms. The zero-order chi connectivity index (χ0) is 18.6. The smallest absolute Gasteiger partial charge is 0.215 e. The maximum atomic E-state index is 12.2. The van der Waals surface area contributed by atoms with E-state index in [4.69, 9.17) is 0 Å². The van der Waals surface area contributed by atoms with Gasteiger partial charge in [-0.25, -0.2) is 13.1 Å². The van der Waals surface area contributed by atoms with Gasteiger partial charge in [-0.05, 0) is 35.2 Å². The van der Waals surface area contributed by atoms with Crippen LogP contribution in [0, 0.1) is 6.92 Å². The van der Waals surface area contributed by atoms with Crippen LogP contribution in [0.5, 0.6) is 0 Å². The maximum absolute atomic E-state index is 12.2. The van der Waals surface area contributed by atoms with Crippen molar-refractivity contribution in [2.24, 2.45) is 0 Å². The topological polar surface area (TPSA) is 66.4 Å². The third-order valence-corrected chi connectivity index (χ3v) is 5.72. The molecule has 0 aromatic heterocycles. The molecule has 0 saturated carbocycles. The van der Waals surface area contributed by atoms with Crippen molar-refractivity contribution in [3.63, 3.8) is 0 Å². The lowest BCUT2D eigenvalue weighted by molar-refractivity contribution is 0.170. The highest BCUT2D eigenvalue weighted by molar-refractivity contribution is 7.88. The normalized spacial score (nSPS) is 13.0. The SMILES string of the molecule is Cc1cccc(CS(=O)(=O)NCCC(O)c2cccc3ccccc23)c1. The van der Waals surface area contributed by atoms with Gasteiger partial charge < -0.3 is 5.11 Å². The van der Waals surface area contributed by atoms with E-state index in [1.54, 1.807) is 6.07 Å². The molecule has 0 fully saturated rings. The second kappa shape index (κ2) is 7.99. The third kappa shape index (κ3) is 4.69. The van der Waals surface area contributed by atoms with E-state index in [1.807, 2.05) is 67.6 Å². The Balaban J connectivity index is 1.61. The number of rotatable bonds is 7. The van der Waals surface area contributed by atoms with Crippen LogP contribution in [0.3, 0.4) is 0 Å². The molecule has 0 saturated heterocycles. The van der Waals surface area contributed by atoms with E-state index in [2.05, 4.69) is 4.72 Å². The van der Waals surface area contributed by atoms with Gasteiger partial charge in [0.05, 0.1) is 11.9 Å². The fourth-order valence-corrected chi connectivity index (χ4v) is 4.27. The molecule has 0 aliphatic rings. The standard InChI is InChI=1S/C21H23NO3S/c1-16-6-4-7-17(14-16)15-26(24,25)22-13-12-21(23)20-11-5-9-18-8-2-3-10-19(18)20/h2-11,14,21-23H,12-13,15H2,1H3. The lowest BCUT2D eigenvalue weighted by Gasteiger charge is -2.14. The molecule has 136 valence electrons. The Morgan fingerprint density at radius 1 is 1.00 bits per heavy atom. The molecule has 1 unspecified atom stereocenters. The highest BCUT2D eigenvalue weighted by Gasteiger charge is 2.15. The van der Waals surface area contributed by atoms with Gasteiger partial charge in [0, 0.05) is 6.54 Å². The Morgan fingerprint density at radius 3 is 2.54 bits per heavy atom. The first-order chi connectivity index (χ1) is 12.4. The van der Waals surface area contributed by atoms with Crippen molar-refractivity contribution in [2.75, 3.05) is 6.54 Å². The van der Waals surface area contributed by atoms with Gasteiger partial charge in [-0.15, -0.1) is 0 Å². The Morgan fingerprint density at radius 2 is 1.73 bits per heavy atom. The summed E-state index contributed by atoms with van der Waals surface area (Å²) in [6.07, 6.45) is -0.399. The molecule has 3 rings (SSSR count). The average molecular weight is 369 g/mol. The minimum Gasteiger partial charge on any atom is -0.388 e. The van der Waals surface area contributed by atoms with Gasteiger partial charge in [0.1, 0.15) is 0 Å². The number of hydrogen-bond donors (Lipinski definition) is 2. The van der Waals surface area contributed by atoms with Gasteiger partial charge in [-0.1, -0.05) is 72.3 Å². The Kier molecular flexibility index (Phi) is 5.71. The van der Waals surface area contributed by atoms with E-state index in [-0.39, 0.29) is 12.3 Å². The van der Waals surface area contributed by atoms with E-state index in [9.17, 15) is 13.5 Å². The first kappa shape index (κ1) is 18.6. The van der Waals surface area contributed by atoms with Crippen LogP contribution in [0.4, 0.5) is 0 Å². The molecule has 0 heterocycles. The zero-order valence-corrected chi connectivity index (χ0v) is 15.5. The molecule has 0 spiro atoms. The largest absolute Gasteiger partial charge is 0.388 e. The van der Waals surface area contributed by atoms with Crippen molar-refractivity contribution in [2.45, 2.75) is 25.2 Å². The molecule has 3 aromatic carbocycles. The van der Waals surface area contributed by atoms with Crippen molar-refractivity contribution in [3.8, 4) is 0 Å². The summed E-state index contributed by atoms with van der Waals surface area (Å²) in [4.78, 5) is 0. The van der Waals surface area contributed by atoms with E-state index in [1.165, 1.54) is 0 Å². The van der Waals surface area contributed by atoms with Gasteiger partial charge in [-0.3, -0.25) is 0 Å². The molecule has 4 nitrogen and oxygen atoms in total. The molecule has 0 amide bonds. The zero-order valence-electron chi connectivity index (χ0n) is 14.7. The number of aliphatic hydroxyl groups is 1. The van der Waals surface area contributed by atoms with Crippen LogP contribution in [0.2, 0.25) is 0 Å². The molecule has 5 heteroatoms. The predicted molar refractivity (Wildman–Crippen MR) is 105 cm³/mol. The second-order valence-corrected chi connectivity index (χ2v) is 8.32. The van der Waals surface area contributed by atoms with Crippen molar-refractivity contribution in [1.82, 2.24) is 4.72 Å². The fourth-order valence-electron chi connectivity index (χ4n) is 3.12. The lowest BCUT2D eigenvalue weighted by Crippen LogP contribution is -2.27. The monoisotopic (exact) mass is 369 g/mol. The van der Waals surface area contributed by atoms with Crippen LogP contribution in [0.1, 0.15) is 29.2 Å². The lowest BCUT2D eigenvalue weighted by atomic mass is 9.99. The minimum atomic E-state index is -3.43. The van der Waals surface area contributed by atoms with Gasteiger partial charge >= 0.3 is 0 Å². The number of benzene rings is 3. The highest BCUT2D eigenvalue weighted by Crippen LogP contribution is 2.25. The number of aliphatic hydroxyl groups excluding tert-OH is 1. The van der Waals surface area contributed by atoms with Gasteiger partial charge in [-0.2, -0.15) is 0 Å². The van der Waals surface area contributed by atoms with Crippen molar-refractivity contribution < 1.29 is 13.5 Å². The summed E-state index contributed by atoms with van der Waals surface area (Å²) in [5.74, 6) is -0.0565. The number of nitrogens with one attached hydrogen (secondary N) is 1. The Bertz CT molecular complexity index is 994. The van der Waals surface area contributed by atoms with E-state index in [0.717, 1.165) is 27.5 Å². The van der Waals surface area contributed by atoms with Gasteiger partial charge in [0.25, 0.3) is 0 Å². The first-order valence-corrected chi connectivity index (χ1v) is 10.3. The Hall–Kier alpha value is -2.21. The number of aryl methyl sites for hydroxylation is 1. The summed E-state index contributed by atoms with van der Waals surface area (Å²) in [7, 11) is -3.43. The maximum Gasteiger partial charge on any atom is 0.215 e. The van der Waals surface area contributed by atoms with E-state index < -0.39 is 16.1 Å². The van der Waals surface area contributed by atoms with E-state index >= 15 is 0 Å². The molecular formula is C21H23NO3S. The minimum absolute atomic E-state index is 0.0565. The summed E-state index contributed by atoms with van der Waals surface area (Å²) >= 11 is 0. The van der Waals surface area contributed by atoms with Gasteiger partial charge in [0.2, 0.25) is 10.0 Å². The number of hydrogen-bond acceptors (Lipinski definition) is 3. The van der Waals surface area contributed by atoms with Crippen LogP contribution in [0.15, 0.2) is 66.7 Å². The molecule has 0 aliphatic carbocycles. The fraction of sp³-hybridized carbons (Fsp3) is 0.238. The van der Waals surface area contributed by atoms with Crippen LogP contribution >= 0.6 is 0 Å². The van der Waals surface area contributed by atoms with Crippen molar-refractivity contribution in [1.29, 1.82) is 0 Å².